The third-order valence-electron chi connectivity index (χ3n) is 2.31. The molecule has 2 nitrogen and oxygen atoms in total. The number of ether oxygens (including phenoxy) is 1. The van der Waals surface area contributed by atoms with Crippen LogP contribution in [-0.4, -0.2) is 13.2 Å². The molecule has 1 unspecified atom stereocenters. The summed E-state index contributed by atoms with van der Waals surface area (Å²) < 4.78 is 28.9. The van der Waals surface area contributed by atoms with E-state index < -0.39 is 6.61 Å². The first kappa shape index (κ1) is 13.6. The molecule has 1 atom stereocenters. The number of nitrogens with one attached hydrogen (secondary N) is 1. The van der Waals surface area contributed by atoms with Crippen LogP contribution in [0.15, 0.2) is 36.4 Å². The monoisotopic (exact) mass is 241 g/mol. The first-order chi connectivity index (χ1) is 8.00. The lowest BCUT2D eigenvalue weighted by molar-refractivity contribution is -0.0506. The number of benzene rings is 1. The van der Waals surface area contributed by atoms with E-state index in [4.69, 9.17) is 0 Å². The van der Waals surface area contributed by atoms with E-state index in [-0.39, 0.29) is 11.8 Å². The Morgan fingerprint density at radius 2 is 2.06 bits per heavy atom. The Balaban J connectivity index is 2.77. The van der Waals surface area contributed by atoms with Gasteiger partial charge in [-0.1, -0.05) is 30.4 Å². The molecule has 0 aliphatic heterocycles. The van der Waals surface area contributed by atoms with Crippen LogP contribution in [0.1, 0.15) is 25.5 Å². The van der Waals surface area contributed by atoms with Gasteiger partial charge < -0.3 is 10.1 Å². The van der Waals surface area contributed by atoms with E-state index in [1.165, 1.54) is 0 Å². The lowest BCUT2D eigenvalue weighted by Gasteiger charge is -2.18. The van der Waals surface area contributed by atoms with Crippen LogP contribution in [0, 0.1) is 0 Å². The molecule has 0 radical (unpaired) electrons. The summed E-state index contributed by atoms with van der Waals surface area (Å²) in [7, 11) is 0. The smallest absolute Gasteiger partial charge is 0.387 e. The second kappa shape index (κ2) is 6.35. The molecular formula is C13H17F2NO. The molecule has 0 heterocycles. The third-order valence-corrected chi connectivity index (χ3v) is 2.31. The summed E-state index contributed by atoms with van der Waals surface area (Å²) in [6.07, 6.45) is 0. The molecule has 0 spiro atoms. The van der Waals surface area contributed by atoms with Crippen molar-refractivity contribution >= 4 is 0 Å². The number of halogens is 2. The highest BCUT2D eigenvalue weighted by Gasteiger charge is 2.13. The largest absolute Gasteiger partial charge is 0.434 e. The highest BCUT2D eigenvalue weighted by Crippen LogP contribution is 2.26. The molecule has 0 bridgehead atoms. The van der Waals surface area contributed by atoms with E-state index in [1.54, 1.807) is 24.3 Å². The molecule has 1 rings (SSSR count). The van der Waals surface area contributed by atoms with Crippen LogP contribution in [0.2, 0.25) is 0 Å². The number of hydrogen-bond donors (Lipinski definition) is 1. The Kier molecular flexibility index (Phi) is 5.10. The second-order valence-electron chi connectivity index (χ2n) is 3.98. The van der Waals surface area contributed by atoms with Gasteiger partial charge in [0.05, 0.1) is 0 Å². The fourth-order valence-corrected chi connectivity index (χ4v) is 1.48. The highest BCUT2D eigenvalue weighted by molar-refractivity contribution is 5.35. The number of alkyl halides is 2. The van der Waals surface area contributed by atoms with Gasteiger partial charge in [-0.2, -0.15) is 8.78 Å². The maximum atomic E-state index is 12.2. The molecule has 4 heteroatoms. The number of hydrogen-bond acceptors (Lipinski definition) is 2. The van der Waals surface area contributed by atoms with Gasteiger partial charge in [0.15, 0.2) is 0 Å². The molecular weight excluding hydrogens is 224 g/mol. The molecule has 0 aliphatic rings. The van der Waals surface area contributed by atoms with Crippen molar-refractivity contribution in [3.8, 4) is 5.75 Å². The molecule has 0 saturated carbocycles. The first-order valence-electron chi connectivity index (χ1n) is 5.42. The van der Waals surface area contributed by atoms with Crippen molar-refractivity contribution in [1.82, 2.24) is 5.32 Å². The molecule has 1 aromatic carbocycles. The van der Waals surface area contributed by atoms with E-state index in [2.05, 4.69) is 16.6 Å². The van der Waals surface area contributed by atoms with Crippen LogP contribution in [0.4, 0.5) is 8.78 Å². The lowest BCUT2D eigenvalue weighted by Crippen LogP contribution is -2.21. The Labute approximate surface area is 100 Å². The summed E-state index contributed by atoms with van der Waals surface area (Å²) in [4.78, 5) is 0. The van der Waals surface area contributed by atoms with E-state index in [1.807, 2.05) is 13.8 Å². The van der Waals surface area contributed by atoms with Crippen molar-refractivity contribution < 1.29 is 13.5 Å². The van der Waals surface area contributed by atoms with Crippen LogP contribution in [-0.2, 0) is 0 Å². The fourth-order valence-electron chi connectivity index (χ4n) is 1.48. The van der Waals surface area contributed by atoms with Crippen LogP contribution in [0.25, 0.3) is 0 Å². The summed E-state index contributed by atoms with van der Waals surface area (Å²) in [6, 6.07) is 6.72. The molecule has 0 aliphatic carbocycles. The normalized spacial score (nSPS) is 12.5. The molecule has 0 fully saturated rings. The summed E-state index contributed by atoms with van der Waals surface area (Å²) >= 11 is 0. The number of rotatable bonds is 6. The Bertz CT molecular complexity index is 379. The zero-order valence-electron chi connectivity index (χ0n) is 10.0. The molecule has 0 amide bonds. The molecule has 0 saturated heterocycles. The average molecular weight is 241 g/mol. The average Bonchev–Trinajstić information content (AvgIpc) is 2.25. The predicted octanol–water partition coefficient (Wildman–Crippen LogP) is 3.51. The Hall–Kier alpha value is -1.42. The van der Waals surface area contributed by atoms with Gasteiger partial charge in [-0.15, -0.1) is 0 Å². The first-order valence-corrected chi connectivity index (χ1v) is 5.42. The van der Waals surface area contributed by atoms with Crippen molar-refractivity contribution in [2.45, 2.75) is 26.5 Å². The van der Waals surface area contributed by atoms with Gasteiger partial charge in [0.25, 0.3) is 0 Å². The van der Waals surface area contributed by atoms with E-state index >= 15 is 0 Å². The van der Waals surface area contributed by atoms with Crippen LogP contribution < -0.4 is 10.1 Å². The maximum Gasteiger partial charge on any atom is 0.387 e. The van der Waals surface area contributed by atoms with Gasteiger partial charge in [0.2, 0.25) is 0 Å². The minimum absolute atomic E-state index is 0.0679. The highest BCUT2D eigenvalue weighted by atomic mass is 19.3. The van der Waals surface area contributed by atoms with Crippen molar-refractivity contribution in [3.63, 3.8) is 0 Å². The summed E-state index contributed by atoms with van der Waals surface area (Å²) in [5.74, 6) is 0.212. The van der Waals surface area contributed by atoms with E-state index in [9.17, 15) is 8.78 Å². The summed E-state index contributed by atoms with van der Waals surface area (Å²) in [5.41, 5.74) is 1.71. The standard InChI is InChI=1S/C13H17F2NO/c1-9(2)8-16-10(3)11-6-4-5-7-12(11)17-13(14)15/h4-7,10,13,16H,1,8H2,2-3H3. The van der Waals surface area contributed by atoms with Crippen LogP contribution >= 0.6 is 0 Å². The van der Waals surface area contributed by atoms with Gasteiger partial charge in [-0.25, -0.2) is 0 Å². The third kappa shape index (κ3) is 4.53. The SMILES string of the molecule is C=C(C)CNC(C)c1ccccc1OC(F)F. The zero-order valence-corrected chi connectivity index (χ0v) is 10.0. The van der Waals surface area contributed by atoms with Crippen molar-refractivity contribution in [2.24, 2.45) is 0 Å². The minimum atomic E-state index is -2.80. The number of para-hydroxylation sites is 1. The van der Waals surface area contributed by atoms with E-state index in [0.29, 0.717) is 12.1 Å². The second-order valence-corrected chi connectivity index (χ2v) is 3.98. The van der Waals surface area contributed by atoms with Gasteiger partial charge in [-0.05, 0) is 19.9 Å². The molecule has 0 aromatic heterocycles. The Morgan fingerprint density at radius 3 is 2.65 bits per heavy atom. The van der Waals surface area contributed by atoms with Gasteiger partial charge >= 0.3 is 6.61 Å². The molecule has 1 N–H and O–H groups in total. The van der Waals surface area contributed by atoms with Crippen LogP contribution in [0.5, 0.6) is 5.75 Å². The van der Waals surface area contributed by atoms with Gasteiger partial charge in [-0.3, -0.25) is 0 Å². The predicted molar refractivity (Wildman–Crippen MR) is 64.3 cm³/mol. The van der Waals surface area contributed by atoms with E-state index in [0.717, 1.165) is 5.57 Å². The lowest BCUT2D eigenvalue weighted by atomic mass is 10.1. The molecule has 17 heavy (non-hydrogen) atoms. The molecule has 1 aromatic rings. The Morgan fingerprint density at radius 1 is 1.41 bits per heavy atom. The molecule has 94 valence electrons. The summed E-state index contributed by atoms with van der Waals surface area (Å²) in [6.45, 7) is 5.42. The quantitative estimate of drug-likeness (QED) is 0.769. The van der Waals surface area contributed by atoms with Crippen molar-refractivity contribution in [2.75, 3.05) is 6.54 Å². The maximum absolute atomic E-state index is 12.2. The van der Waals surface area contributed by atoms with Gasteiger partial charge in [0.1, 0.15) is 5.75 Å². The fraction of sp³-hybridized carbons (Fsp3) is 0.385. The topological polar surface area (TPSA) is 21.3 Å². The van der Waals surface area contributed by atoms with Crippen molar-refractivity contribution in [1.29, 1.82) is 0 Å². The van der Waals surface area contributed by atoms with Crippen molar-refractivity contribution in [3.05, 3.63) is 42.0 Å². The minimum Gasteiger partial charge on any atom is -0.434 e. The van der Waals surface area contributed by atoms with Crippen LogP contribution in [0.3, 0.4) is 0 Å². The zero-order chi connectivity index (χ0) is 12.8. The summed E-state index contributed by atoms with van der Waals surface area (Å²) in [5, 5.41) is 3.19. The van der Waals surface area contributed by atoms with Gasteiger partial charge in [0, 0.05) is 18.2 Å².